The Hall–Kier alpha value is -1.67. The number of thioether (sulfide) groups is 1. The number of hydrogen-bond donors (Lipinski definition) is 2. The first kappa shape index (κ1) is 11.4. The Labute approximate surface area is 92.4 Å². The maximum Gasteiger partial charge on any atom is 0.186 e. The van der Waals surface area contributed by atoms with Gasteiger partial charge in [0.25, 0.3) is 0 Å². The van der Waals surface area contributed by atoms with Crippen LogP contribution in [0, 0.1) is 11.8 Å². The fourth-order valence-corrected chi connectivity index (χ4v) is 1.20. The van der Waals surface area contributed by atoms with Crippen molar-refractivity contribution in [3.05, 3.63) is 18.0 Å². The number of carbonyl (C=O) groups is 1. The summed E-state index contributed by atoms with van der Waals surface area (Å²) in [6.45, 7) is 1.50. The van der Waals surface area contributed by atoms with E-state index in [2.05, 4.69) is 16.8 Å². The molecule has 0 aliphatic carbocycles. The van der Waals surface area contributed by atoms with Crippen LogP contribution in [0.1, 0.15) is 12.5 Å². The summed E-state index contributed by atoms with van der Waals surface area (Å²) in [5, 5.41) is 0.0444. The Morgan fingerprint density at radius 2 is 2.27 bits per heavy atom. The zero-order valence-corrected chi connectivity index (χ0v) is 9.10. The molecule has 15 heavy (non-hydrogen) atoms. The lowest BCUT2D eigenvalue weighted by atomic mass is 10.2. The third kappa shape index (κ3) is 3.52. The van der Waals surface area contributed by atoms with E-state index in [9.17, 15) is 4.79 Å². The number of nitrogen functional groups attached to an aromatic ring is 2. The predicted octanol–water partition coefficient (Wildman–Crippen LogP) is 0.877. The topological polar surface area (TPSA) is 82.0 Å². The average molecular weight is 221 g/mol. The van der Waals surface area contributed by atoms with Gasteiger partial charge in [-0.15, -0.1) is 0 Å². The first-order valence-electron chi connectivity index (χ1n) is 4.22. The minimum absolute atomic E-state index is 0.0444. The van der Waals surface area contributed by atoms with Crippen LogP contribution in [0.2, 0.25) is 0 Å². The molecule has 1 rings (SSSR count). The highest BCUT2D eigenvalue weighted by molar-refractivity contribution is 8.13. The van der Waals surface area contributed by atoms with Crippen LogP contribution in [0.4, 0.5) is 11.4 Å². The molecule has 1 aromatic heterocycles. The molecule has 1 aromatic rings. The van der Waals surface area contributed by atoms with Crippen LogP contribution in [-0.4, -0.2) is 15.9 Å². The van der Waals surface area contributed by atoms with E-state index in [1.165, 1.54) is 13.1 Å². The molecular formula is C10H11N3OS. The lowest BCUT2D eigenvalue weighted by molar-refractivity contribution is -0.109. The van der Waals surface area contributed by atoms with E-state index in [0.717, 1.165) is 11.8 Å². The molecule has 0 amide bonds. The van der Waals surface area contributed by atoms with Crippen LogP contribution in [0.3, 0.4) is 0 Å². The SMILES string of the molecule is CC(=O)SCC#Cc1cncc(N)c1N. The van der Waals surface area contributed by atoms with E-state index in [0.29, 0.717) is 22.7 Å². The Morgan fingerprint density at radius 3 is 2.93 bits per heavy atom. The first-order valence-corrected chi connectivity index (χ1v) is 5.21. The molecule has 1 heterocycles. The van der Waals surface area contributed by atoms with E-state index >= 15 is 0 Å². The molecule has 5 heteroatoms. The third-order valence-corrected chi connectivity index (χ3v) is 2.28. The first-order chi connectivity index (χ1) is 7.11. The Kier molecular flexibility index (Phi) is 4.01. The van der Waals surface area contributed by atoms with E-state index in [4.69, 9.17) is 11.5 Å². The van der Waals surface area contributed by atoms with E-state index in [1.807, 2.05) is 0 Å². The molecule has 0 saturated heterocycles. The number of nitrogens with two attached hydrogens (primary N) is 2. The van der Waals surface area contributed by atoms with Crippen LogP contribution >= 0.6 is 11.8 Å². The molecule has 0 fully saturated rings. The van der Waals surface area contributed by atoms with Crippen molar-refractivity contribution in [1.29, 1.82) is 0 Å². The largest absolute Gasteiger partial charge is 0.396 e. The second-order valence-electron chi connectivity index (χ2n) is 2.77. The van der Waals surface area contributed by atoms with Crippen molar-refractivity contribution in [2.75, 3.05) is 17.2 Å². The standard InChI is InChI=1S/C10H11N3OS/c1-7(14)15-4-2-3-8-5-13-6-9(11)10(8)12/h5-6H,4,11H2,1H3,(H2,12,13). The van der Waals surface area contributed by atoms with Crippen LogP contribution in [0.5, 0.6) is 0 Å². The third-order valence-electron chi connectivity index (χ3n) is 1.59. The van der Waals surface area contributed by atoms with Crippen molar-refractivity contribution in [3.8, 4) is 11.8 Å². The second kappa shape index (κ2) is 5.27. The van der Waals surface area contributed by atoms with Crippen LogP contribution in [-0.2, 0) is 4.79 Å². The molecule has 0 unspecified atom stereocenters. The number of nitrogens with zero attached hydrogens (tertiary/aromatic N) is 1. The lowest BCUT2D eigenvalue weighted by Crippen LogP contribution is -1.98. The number of pyridine rings is 1. The summed E-state index contributed by atoms with van der Waals surface area (Å²) in [6.07, 6.45) is 3.03. The number of hydrogen-bond acceptors (Lipinski definition) is 5. The summed E-state index contributed by atoms with van der Waals surface area (Å²) in [6, 6.07) is 0. The molecule has 0 spiro atoms. The summed E-state index contributed by atoms with van der Waals surface area (Å²) in [5.74, 6) is 6.08. The molecular weight excluding hydrogens is 210 g/mol. The number of anilines is 2. The molecule has 0 aromatic carbocycles. The summed E-state index contributed by atoms with van der Waals surface area (Å²) in [7, 11) is 0. The van der Waals surface area contributed by atoms with Crippen molar-refractivity contribution in [1.82, 2.24) is 4.98 Å². The van der Waals surface area contributed by atoms with E-state index in [1.54, 1.807) is 6.20 Å². The zero-order valence-electron chi connectivity index (χ0n) is 8.28. The number of carbonyl (C=O) groups excluding carboxylic acids is 1. The van der Waals surface area contributed by atoms with Gasteiger partial charge in [0.05, 0.1) is 28.9 Å². The van der Waals surface area contributed by atoms with E-state index in [-0.39, 0.29) is 5.12 Å². The van der Waals surface area contributed by atoms with Gasteiger partial charge in [-0.2, -0.15) is 0 Å². The summed E-state index contributed by atoms with van der Waals surface area (Å²) < 4.78 is 0. The predicted molar refractivity (Wildman–Crippen MR) is 63.1 cm³/mol. The Morgan fingerprint density at radius 1 is 1.53 bits per heavy atom. The van der Waals surface area contributed by atoms with Crippen molar-refractivity contribution in [2.24, 2.45) is 0 Å². The quantitative estimate of drug-likeness (QED) is 0.688. The summed E-state index contributed by atoms with van der Waals surface area (Å²) in [5.41, 5.74) is 12.7. The second-order valence-corrected chi connectivity index (χ2v) is 3.92. The number of aromatic nitrogens is 1. The molecule has 78 valence electrons. The fourth-order valence-electron chi connectivity index (χ4n) is 0.855. The molecule has 0 aliphatic rings. The van der Waals surface area contributed by atoms with Crippen molar-refractivity contribution >= 4 is 28.3 Å². The van der Waals surface area contributed by atoms with Crippen LogP contribution in [0.15, 0.2) is 12.4 Å². The normalized spacial score (nSPS) is 9.13. The Bertz CT molecular complexity index is 434. The van der Waals surface area contributed by atoms with Crippen molar-refractivity contribution in [2.45, 2.75) is 6.92 Å². The molecule has 0 saturated carbocycles. The van der Waals surface area contributed by atoms with Gasteiger partial charge < -0.3 is 11.5 Å². The molecule has 0 atom stereocenters. The van der Waals surface area contributed by atoms with Crippen LogP contribution < -0.4 is 11.5 Å². The Balaban J connectivity index is 2.72. The van der Waals surface area contributed by atoms with Gasteiger partial charge in [0.15, 0.2) is 5.12 Å². The molecule has 4 N–H and O–H groups in total. The van der Waals surface area contributed by atoms with Gasteiger partial charge in [-0.3, -0.25) is 9.78 Å². The van der Waals surface area contributed by atoms with Crippen LogP contribution in [0.25, 0.3) is 0 Å². The minimum Gasteiger partial charge on any atom is -0.396 e. The molecule has 4 nitrogen and oxygen atoms in total. The summed E-state index contributed by atoms with van der Waals surface area (Å²) in [4.78, 5) is 14.5. The van der Waals surface area contributed by atoms with Gasteiger partial charge in [0.2, 0.25) is 0 Å². The van der Waals surface area contributed by atoms with Gasteiger partial charge in [0, 0.05) is 13.1 Å². The monoisotopic (exact) mass is 221 g/mol. The van der Waals surface area contributed by atoms with E-state index < -0.39 is 0 Å². The summed E-state index contributed by atoms with van der Waals surface area (Å²) >= 11 is 1.16. The zero-order chi connectivity index (χ0) is 11.3. The van der Waals surface area contributed by atoms with Gasteiger partial charge in [-0.1, -0.05) is 23.6 Å². The smallest absolute Gasteiger partial charge is 0.186 e. The minimum atomic E-state index is 0.0444. The van der Waals surface area contributed by atoms with Gasteiger partial charge in [-0.05, 0) is 0 Å². The highest BCUT2D eigenvalue weighted by atomic mass is 32.2. The maximum atomic E-state index is 10.6. The average Bonchev–Trinajstić information content (AvgIpc) is 2.18. The van der Waals surface area contributed by atoms with Crippen molar-refractivity contribution in [3.63, 3.8) is 0 Å². The fraction of sp³-hybridized carbons (Fsp3) is 0.200. The highest BCUT2D eigenvalue weighted by Crippen LogP contribution is 2.16. The van der Waals surface area contributed by atoms with Gasteiger partial charge >= 0.3 is 0 Å². The van der Waals surface area contributed by atoms with Gasteiger partial charge in [0.1, 0.15) is 0 Å². The molecule has 0 bridgehead atoms. The van der Waals surface area contributed by atoms with Crippen molar-refractivity contribution < 1.29 is 4.79 Å². The highest BCUT2D eigenvalue weighted by Gasteiger charge is 1.98. The lowest BCUT2D eigenvalue weighted by Gasteiger charge is -1.99. The molecule has 0 radical (unpaired) electrons. The van der Waals surface area contributed by atoms with Gasteiger partial charge in [-0.25, -0.2) is 0 Å². The maximum absolute atomic E-state index is 10.6. The molecule has 0 aliphatic heterocycles. The number of rotatable bonds is 1.